The van der Waals surface area contributed by atoms with E-state index in [-0.39, 0.29) is 0 Å². The molecule has 3 heteroatoms. The highest BCUT2D eigenvalue weighted by Crippen LogP contribution is 2.13. The van der Waals surface area contributed by atoms with Crippen LogP contribution in [0.2, 0.25) is 0 Å². The van der Waals surface area contributed by atoms with Crippen LogP contribution in [0.1, 0.15) is 15.9 Å². The molecule has 1 aromatic rings. The van der Waals surface area contributed by atoms with Crippen molar-refractivity contribution in [1.29, 1.82) is 0 Å². The normalized spacial score (nSPS) is 9.42. The summed E-state index contributed by atoms with van der Waals surface area (Å²) in [5.74, 6) is -1.04. The fourth-order valence-corrected chi connectivity index (χ4v) is 0.815. The summed E-state index contributed by atoms with van der Waals surface area (Å²) in [5, 5.41) is 0. The van der Waals surface area contributed by atoms with Gasteiger partial charge in [0, 0.05) is 11.1 Å². The molecule has 0 radical (unpaired) electrons. The van der Waals surface area contributed by atoms with Crippen molar-refractivity contribution in [2.75, 3.05) is 0 Å². The molecule has 1 aromatic carbocycles. The second-order valence-corrected chi connectivity index (χ2v) is 2.35. The molecule has 62 valence electrons. The Labute approximate surface area is 69.5 Å². The molecule has 0 aliphatic carbocycles. The van der Waals surface area contributed by atoms with E-state index in [1.165, 1.54) is 24.3 Å². The lowest BCUT2D eigenvalue weighted by molar-refractivity contribution is 0.100. The van der Waals surface area contributed by atoms with Crippen LogP contribution in [0.4, 0.5) is 4.39 Å². The van der Waals surface area contributed by atoms with Crippen LogP contribution in [-0.4, -0.2) is 5.91 Å². The van der Waals surface area contributed by atoms with Gasteiger partial charge in [0.15, 0.2) is 0 Å². The van der Waals surface area contributed by atoms with Crippen LogP contribution in [0.3, 0.4) is 0 Å². The van der Waals surface area contributed by atoms with Crippen molar-refractivity contribution in [2.24, 2.45) is 5.73 Å². The maximum absolute atomic E-state index is 12.5. The van der Waals surface area contributed by atoms with Gasteiger partial charge in [0.2, 0.25) is 5.91 Å². The van der Waals surface area contributed by atoms with E-state index in [0.717, 1.165) is 0 Å². The SMILES string of the molecule is C=C(F)c1ccc(C(N)=O)cc1. The van der Waals surface area contributed by atoms with Crippen LogP contribution < -0.4 is 5.73 Å². The van der Waals surface area contributed by atoms with Crippen LogP contribution >= 0.6 is 0 Å². The first-order valence-electron chi connectivity index (χ1n) is 3.36. The molecule has 0 bridgehead atoms. The minimum Gasteiger partial charge on any atom is -0.366 e. The Morgan fingerprint density at radius 2 is 1.67 bits per heavy atom. The third-order valence-electron chi connectivity index (χ3n) is 1.48. The summed E-state index contributed by atoms with van der Waals surface area (Å²) in [6.07, 6.45) is 0. The molecule has 0 heterocycles. The lowest BCUT2D eigenvalue weighted by atomic mass is 10.1. The van der Waals surface area contributed by atoms with E-state index in [2.05, 4.69) is 6.58 Å². The molecule has 2 nitrogen and oxygen atoms in total. The molecular weight excluding hydrogens is 157 g/mol. The zero-order chi connectivity index (χ0) is 9.14. The lowest BCUT2D eigenvalue weighted by Crippen LogP contribution is -2.10. The summed E-state index contributed by atoms with van der Waals surface area (Å²) < 4.78 is 12.5. The van der Waals surface area contributed by atoms with Crippen molar-refractivity contribution >= 4 is 11.7 Å². The van der Waals surface area contributed by atoms with Gasteiger partial charge in [0.25, 0.3) is 0 Å². The van der Waals surface area contributed by atoms with Crippen LogP contribution in [0.5, 0.6) is 0 Å². The average Bonchev–Trinajstić information content (AvgIpc) is 2.04. The van der Waals surface area contributed by atoms with E-state index in [1.807, 2.05) is 0 Å². The lowest BCUT2D eigenvalue weighted by Gasteiger charge is -1.97. The maximum atomic E-state index is 12.5. The highest BCUT2D eigenvalue weighted by Gasteiger charge is 2.00. The molecule has 0 aromatic heterocycles. The Hall–Kier alpha value is -1.64. The highest BCUT2D eigenvalue weighted by molar-refractivity contribution is 5.92. The molecule has 2 N–H and O–H groups in total. The predicted molar refractivity (Wildman–Crippen MR) is 45.1 cm³/mol. The molecular formula is C9H8FNO. The number of hydrogen-bond donors (Lipinski definition) is 1. The van der Waals surface area contributed by atoms with Crippen molar-refractivity contribution < 1.29 is 9.18 Å². The summed E-state index contributed by atoms with van der Waals surface area (Å²) in [4.78, 5) is 10.6. The Bertz CT molecular complexity index is 283. The molecule has 0 fully saturated rings. The number of carbonyl (C=O) groups excluding carboxylic acids is 1. The van der Waals surface area contributed by atoms with Crippen molar-refractivity contribution in [2.45, 2.75) is 0 Å². The largest absolute Gasteiger partial charge is 0.366 e. The first kappa shape index (κ1) is 8.46. The topological polar surface area (TPSA) is 43.1 Å². The average molecular weight is 165 g/mol. The monoisotopic (exact) mass is 165 g/mol. The van der Waals surface area contributed by atoms with E-state index in [9.17, 15) is 9.18 Å². The number of carbonyl (C=O) groups is 1. The zero-order valence-corrected chi connectivity index (χ0v) is 6.38. The van der Waals surface area contributed by atoms with Crippen LogP contribution in [0.15, 0.2) is 30.8 Å². The quantitative estimate of drug-likeness (QED) is 0.712. The number of benzene rings is 1. The van der Waals surface area contributed by atoms with Crippen LogP contribution in [-0.2, 0) is 0 Å². The van der Waals surface area contributed by atoms with Crippen molar-refractivity contribution in [3.8, 4) is 0 Å². The molecule has 1 rings (SSSR count). The molecule has 0 unspecified atom stereocenters. The predicted octanol–water partition coefficient (Wildman–Crippen LogP) is 1.73. The maximum Gasteiger partial charge on any atom is 0.248 e. The van der Waals surface area contributed by atoms with Crippen molar-refractivity contribution in [1.82, 2.24) is 0 Å². The number of hydrogen-bond acceptors (Lipinski definition) is 1. The Morgan fingerprint density at radius 3 is 2.00 bits per heavy atom. The minimum atomic E-state index is -0.522. The first-order valence-corrected chi connectivity index (χ1v) is 3.36. The van der Waals surface area contributed by atoms with E-state index in [0.29, 0.717) is 11.1 Å². The van der Waals surface area contributed by atoms with Crippen molar-refractivity contribution in [3.05, 3.63) is 42.0 Å². The summed E-state index contributed by atoms with van der Waals surface area (Å²) in [5.41, 5.74) is 5.71. The van der Waals surface area contributed by atoms with E-state index >= 15 is 0 Å². The van der Waals surface area contributed by atoms with Gasteiger partial charge in [-0.1, -0.05) is 18.7 Å². The smallest absolute Gasteiger partial charge is 0.248 e. The van der Waals surface area contributed by atoms with Crippen LogP contribution in [0, 0.1) is 0 Å². The fourth-order valence-electron chi connectivity index (χ4n) is 0.815. The number of rotatable bonds is 2. The number of halogens is 1. The summed E-state index contributed by atoms with van der Waals surface area (Å²) >= 11 is 0. The van der Waals surface area contributed by atoms with E-state index in [1.54, 1.807) is 0 Å². The Balaban J connectivity index is 3.01. The van der Waals surface area contributed by atoms with Gasteiger partial charge in [-0.25, -0.2) is 4.39 Å². The molecule has 1 amide bonds. The van der Waals surface area contributed by atoms with Crippen molar-refractivity contribution in [3.63, 3.8) is 0 Å². The second kappa shape index (κ2) is 3.17. The van der Waals surface area contributed by atoms with Gasteiger partial charge in [-0.2, -0.15) is 0 Å². The van der Waals surface area contributed by atoms with Gasteiger partial charge < -0.3 is 5.73 Å². The number of nitrogens with two attached hydrogens (primary N) is 1. The third-order valence-corrected chi connectivity index (χ3v) is 1.48. The van der Waals surface area contributed by atoms with Gasteiger partial charge >= 0.3 is 0 Å². The van der Waals surface area contributed by atoms with E-state index < -0.39 is 11.7 Å². The standard InChI is InChI=1S/C9H8FNO/c1-6(10)7-2-4-8(5-3-7)9(11)12/h2-5H,1H2,(H2,11,12). The van der Waals surface area contributed by atoms with Gasteiger partial charge in [0.05, 0.1) is 0 Å². The zero-order valence-electron chi connectivity index (χ0n) is 6.38. The van der Waals surface area contributed by atoms with Gasteiger partial charge in [0.1, 0.15) is 5.83 Å². The van der Waals surface area contributed by atoms with Crippen LogP contribution in [0.25, 0.3) is 5.83 Å². The number of amides is 1. The minimum absolute atomic E-state index is 0.361. The first-order chi connectivity index (χ1) is 5.61. The molecule has 0 saturated carbocycles. The summed E-state index contributed by atoms with van der Waals surface area (Å²) in [7, 11) is 0. The molecule has 12 heavy (non-hydrogen) atoms. The molecule has 0 atom stereocenters. The summed E-state index contributed by atoms with van der Waals surface area (Å²) in [6.45, 7) is 3.12. The Kier molecular flexibility index (Phi) is 2.24. The van der Waals surface area contributed by atoms with Gasteiger partial charge in [-0.05, 0) is 12.1 Å². The third kappa shape index (κ3) is 1.69. The summed E-state index contributed by atoms with van der Waals surface area (Å²) in [6, 6.07) is 5.84. The van der Waals surface area contributed by atoms with Gasteiger partial charge in [-0.3, -0.25) is 4.79 Å². The van der Waals surface area contributed by atoms with E-state index in [4.69, 9.17) is 5.73 Å². The Morgan fingerprint density at radius 1 is 1.25 bits per heavy atom. The number of primary amides is 1. The molecule has 0 aliphatic heterocycles. The molecule has 0 saturated heterocycles. The second-order valence-electron chi connectivity index (χ2n) is 2.35. The van der Waals surface area contributed by atoms with Gasteiger partial charge in [-0.15, -0.1) is 0 Å². The molecule has 0 aliphatic rings. The molecule has 0 spiro atoms. The highest BCUT2D eigenvalue weighted by atomic mass is 19.1. The fraction of sp³-hybridized carbons (Fsp3) is 0.